The van der Waals surface area contributed by atoms with Gasteiger partial charge in [0.25, 0.3) is 11.8 Å². The number of amides is 2. The molecule has 1 rings (SSSR count). The summed E-state index contributed by atoms with van der Waals surface area (Å²) in [6.07, 6.45) is 3.60. The van der Waals surface area contributed by atoms with E-state index in [1.807, 2.05) is 0 Å². The van der Waals surface area contributed by atoms with Crippen molar-refractivity contribution in [3.63, 3.8) is 0 Å². The van der Waals surface area contributed by atoms with E-state index in [1.54, 1.807) is 0 Å². The molecule has 1 aliphatic rings. The molecule has 0 saturated carbocycles. The van der Waals surface area contributed by atoms with Crippen LogP contribution in [0.4, 0.5) is 0 Å². The van der Waals surface area contributed by atoms with Crippen molar-refractivity contribution in [2.45, 2.75) is 0 Å². The number of imide groups is 1. The normalized spacial score (nSPS) is 13.9. The topological polar surface area (TPSA) is 53.0 Å². The number of rotatable bonds is 3. The van der Waals surface area contributed by atoms with Crippen molar-refractivity contribution in [3.8, 4) is 0 Å². The Kier molecular flexibility index (Phi) is 3.17. The maximum Gasteiger partial charge on any atom is 0.272 e. The lowest BCUT2D eigenvalue weighted by molar-refractivity contribution is -0.150. The zero-order valence-electron chi connectivity index (χ0n) is 7.72. The lowest BCUT2D eigenvalue weighted by atomic mass is 10.5. The Hall–Kier alpha value is -1.91. The number of carbonyl (C=O) groups excluding carboxylic acids is 2. The molecule has 0 radical (unpaired) electrons. The average molecular weight is 193 g/mol. The lowest BCUT2D eigenvalue weighted by Crippen LogP contribution is -2.47. The van der Waals surface area contributed by atoms with Crippen molar-refractivity contribution in [2.24, 2.45) is 4.99 Å². The molecule has 0 aliphatic carbocycles. The second-order valence-corrected chi connectivity index (χ2v) is 2.58. The highest BCUT2D eigenvalue weighted by molar-refractivity contribution is 6.05. The Labute approximate surface area is 82.0 Å². The molecule has 74 valence electrons. The summed E-state index contributed by atoms with van der Waals surface area (Å²) in [7, 11) is 0. The zero-order chi connectivity index (χ0) is 10.6. The van der Waals surface area contributed by atoms with E-state index < -0.39 is 11.8 Å². The van der Waals surface area contributed by atoms with Gasteiger partial charge in [0, 0.05) is 0 Å². The van der Waals surface area contributed by atoms with E-state index in [4.69, 9.17) is 0 Å². The first-order valence-corrected chi connectivity index (χ1v) is 4.10. The number of nitrogens with zero attached hydrogens (tertiary/aromatic N) is 3. The van der Waals surface area contributed by atoms with Crippen LogP contribution in [0, 0.1) is 0 Å². The van der Waals surface area contributed by atoms with Crippen LogP contribution >= 0.6 is 0 Å². The maximum absolute atomic E-state index is 11.3. The van der Waals surface area contributed by atoms with Crippen LogP contribution in [0.3, 0.4) is 0 Å². The number of aliphatic imine (C=N–C) groups is 1. The first-order chi connectivity index (χ1) is 6.70. The number of hydrazine groups is 1. The predicted molar refractivity (Wildman–Crippen MR) is 52.3 cm³/mol. The van der Waals surface area contributed by atoms with E-state index in [-0.39, 0.29) is 0 Å². The van der Waals surface area contributed by atoms with E-state index in [2.05, 4.69) is 18.2 Å². The minimum absolute atomic E-state index is 0.483. The first kappa shape index (κ1) is 10.2. The fraction of sp³-hybridized carbons (Fsp3) is 0.222. The molecule has 0 saturated heterocycles. The molecular weight excluding hydrogens is 182 g/mol. The van der Waals surface area contributed by atoms with Gasteiger partial charge in [-0.25, -0.2) is 0 Å². The summed E-state index contributed by atoms with van der Waals surface area (Å²) in [6, 6.07) is 0. The summed E-state index contributed by atoms with van der Waals surface area (Å²) >= 11 is 0. The molecule has 0 aromatic carbocycles. The number of hydrogen-bond donors (Lipinski definition) is 0. The van der Waals surface area contributed by atoms with Crippen LogP contribution in [0.1, 0.15) is 0 Å². The Balaban J connectivity index is 2.85. The van der Waals surface area contributed by atoms with Crippen LogP contribution in [-0.2, 0) is 9.59 Å². The molecule has 0 atom stereocenters. The van der Waals surface area contributed by atoms with Gasteiger partial charge in [0.15, 0.2) is 0 Å². The molecular formula is C9H11N3O2. The smallest absolute Gasteiger partial charge is 0.272 e. The molecule has 0 aromatic heterocycles. The van der Waals surface area contributed by atoms with Crippen LogP contribution in [0.25, 0.3) is 0 Å². The zero-order valence-corrected chi connectivity index (χ0v) is 7.72. The minimum Gasteiger partial charge on any atom is -0.272 e. The van der Waals surface area contributed by atoms with Crippen molar-refractivity contribution in [1.82, 2.24) is 10.0 Å². The van der Waals surface area contributed by atoms with E-state index in [1.165, 1.54) is 11.3 Å². The van der Waals surface area contributed by atoms with Crippen LogP contribution in [0.5, 0.6) is 0 Å². The third-order valence-corrected chi connectivity index (χ3v) is 1.70. The Bertz CT molecular complexity index is 289. The molecule has 1 aliphatic heterocycles. The highest BCUT2D eigenvalue weighted by Gasteiger charge is 2.24. The van der Waals surface area contributed by atoms with Crippen LogP contribution in [0.2, 0.25) is 0 Å². The highest BCUT2D eigenvalue weighted by atomic mass is 16.2. The highest BCUT2D eigenvalue weighted by Crippen LogP contribution is 2.03. The standard InChI is InChI=1S/C9H11N3O2/c1-3-8(13)12(9(14)4-2)11-6-5-10-7-11/h3-4,7H,1-2,5-6H2. The summed E-state index contributed by atoms with van der Waals surface area (Å²) < 4.78 is 0. The first-order valence-electron chi connectivity index (χ1n) is 4.10. The Morgan fingerprint density at radius 3 is 2.29 bits per heavy atom. The third-order valence-electron chi connectivity index (χ3n) is 1.70. The fourth-order valence-electron chi connectivity index (χ4n) is 1.06. The molecule has 5 heteroatoms. The second-order valence-electron chi connectivity index (χ2n) is 2.58. The summed E-state index contributed by atoms with van der Waals surface area (Å²) in [5.41, 5.74) is 0. The van der Waals surface area contributed by atoms with Crippen molar-refractivity contribution in [2.75, 3.05) is 13.1 Å². The predicted octanol–water partition coefficient (Wildman–Crippen LogP) is -0.0275. The molecule has 0 unspecified atom stereocenters. The van der Waals surface area contributed by atoms with Gasteiger partial charge in [0.05, 0.1) is 13.1 Å². The summed E-state index contributed by atoms with van der Waals surface area (Å²) in [6.45, 7) is 7.73. The van der Waals surface area contributed by atoms with Crippen molar-refractivity contribution < 1.29 is 9.59 Å². The molecule has 0 N–H and O–H groups in total. The fourth-order valence-corrected chi connectivity index (χ4v) is 1.06. The van der Waals surface area contributed by atoms with Gasteiger partial charge in [-0.15, -0.1) is 0 Å². The molecule has 1 heterocycles. The van der Waals surface area contributed by atoms with Gasteiger partial charge in [0.2, 0.25) is 0 Å². The molecule has 0 fully saturated rings. The van der Waals surface area contributed by atoms with Gasteiger partial charge in [-0.2, -0.15) is 5.01 Å². The Morgan fingerprint density at radius 1 is 1.36 bits per heavy atom. The minimum atomic E-state index is -0.483. The molecule has 5 nitrogen and oxygen atoms in total. The van der Waals surface area contributed by atoms with Crippen LogP contribution < -0.4 is 0 Å². The third kappa shape index (κ3) is 1.87. The van der Waals surface area contributed by atoms with Crippen LogP contribution in [-0.4, -0.2) is 41.3 Å². The lowest BCUT2D eigenvalue weighted by Gasteiger charge is -2.26. The largest absolute Gasteiger partial charge is 0.272 e. The van der Waals surface area contributed by atoms with E-state index >= 15 is 0 Å². The average Bonchev–Trinajstić information content (AvgIpc) is 2.70. The Morgan fingerprint density at radius 2 is 1.93 bits per heavy atom. The summed E-state index contributed by atoms with van der Waals surface area (Å²) in [4.78, 5) is 26.6. The maximum atomic E-state index is 11.3. The molecule has 2 amide bonds. The van der Waals surface area contributed by atoms with Gasteiger partial charge in [0.1, 0.15) is 6.34 Å². The van der Waals surface area contributed by atoms with Crippen molar-refractivity contribution in [1.29, 1.82) is 0 Å². The van der Waals surface area contributed by atoms with Gasteiger partial charge in [-0.1, -0.05) is 13.2 Å². The molecule has 0 bridgehead atoms. The van der Waals surface area contributed by atoms with Crippen molar-refractivity contribution >= 4 is 18.2 Å². The van der Waals surface area contributed by atoms with Crippen LogP contribution in [0.15, 0.2) is 30.3 Å². The van der Waals surface area contributed by atoms with E-state index in [0.29, 0.717) is 13.1 Å². The molecule has 0 aromatic rings. The summed E-state index contributed by atoms with van der Waals surface area (Å²) in [5.74, 6) is -0.966. The van der Waals surface area contributed by atoms with E-state index in [0.717, 1.165) is 17.2 Å². The van der Waals surface area contributed by atoms with Gasteiger partial charge < -0.3 is 0 Å². The van der Waals surface area contributed by atoms with Gasteiger partial charge >= 0.3 is 0 Å². The summed E-state index contributed by atoms with van der Waals surface area (Å²) in [5, 5.41) is 2.39. The van der Waals surface area contributed by atoms with Gasteiger partial charge in [-0.3, -0.25) is 19.6 Å². The second kappa shape index (κ2) is 4.36. The quantitative estimate of drug-likeness (QED) is 0.591. The molecule has 14 heavy (non-hydrogen) atoms. The molecule has 0 spiro atoms. The van der Waals surface area contributed by atoms with E-state index in [9.17, 15) is 9.59 Å². The number of carbonyl (C=O) groups is 2. The monoisotopic (exact) mass is 193 g/mol. The number of hydrogen-bond acceptors (Lipinski definition) is 4. The van der Waals surface area contributed by atoms with Crippen molar-refractivity contribution in [3.05, 3.63) is 25.3 Å². The SMILES string of the molecule is C=CC(=O)N(C(=O)C=C)N1C=NCC1. The van der Waals surface area contributed by atoms with Gasteiger partial charge in [-0.05, 0) is 12.2 Å².